The summed E-state index contributed by atoms with van der Waals surface area (Å²) in [5.41, 5.74) is 0.803. The molecule has 28 heavy (non-hydrogen) atoms. The topological polar surface area (TPSA) is 59.1 Å². The molecule has 2 aromatic rings. The monoisotopic (exact) mass is 386 g/mol. The Labute approximate surface area is 163 Å². The number of halogens is 1. The Hall–Kier alpha value is -3.09. The van der Waals surface area contributed by atoms with E-state index in [2.05, 4.69) is 0 Å². The average Bonchev–Trinajstić information content (AvgIpc) is 2.72. The normalized spacial score (nSPS) is 14.0. The van der Waals surface area contributed by atoms with E-state index < -0.39 is 5.82 Å². The first-order valence-electron chi connectivity index (χ1n) is 9.08. The predicted octanol–water partition coefficient (Wildman–Crippen LogP) is 2.76. The van der Waals surface area contributed by atoms with Crippen LogP contribution in [0.1, 0.15) is 17.3 Å². The molecule has 148 valence electrons. The van der Waals surface area contributed by atoms with Crippen LogP contribution < -0.4 is 14.4 Å². The van der Waals surface area contributed by atoms with Gasteiger partial charge in [-0.1, -0.05) is 0 Å². The van der Waals surface area contributed by atoms with Crippen LogP contribution in [0.5, 0.6) is 11.5 Å². The SMILES string of the molecule is COc1ccc(OCC(=O)N2CCN(c3ccc(C(C)=O)cc3F)CC2)cc1. The highest BCUT2D eigenvalue weighted by molar-refractivity contribution is 5.94. The molecule has 3 rings (SSSR count). The summed E-state index contributed by atoms with van der Waals surface area (Å²) in [4.78, 5) is 27.3. The molecule has 0 aliphatic carbocycles. The van der Waals surface area contributed by atoms with Gasteiger partial charge in [0.15, 0.2) is 12.4 Å². The Bertz CT molecular complexity index is 846. The molecule has 0 atom stereocenters. The molecule has 7 heteroatoms. The van der Waals surface area contributed by atoms with Gasteiger partial charge in [0.2, 0.25) is 0 Å². The lowest BCUT2D eigenvalue weighted by Gasteiger charge is -2.36. The van der Waals surface area contributed by atoms with Crippen molar-refractivity contribution in [2.45, 2.75) is 6.92 Å². The molecule has 0 bridgehead atoms. The van der Waals surface area contributed by atoms with E-state index in [4.69, 9.17) is 9.47 Å². The highest BCUT2D eigenvalue weighted by atomic mass is 19.1. The van der Waals surface area contributed by atoms with Gasteiger partial charge < -0.3 is 19.3 Å². The summed E-state index contributed by atoms with van der Waals surface area (Å²) < 4.78 is 24.9. The maximum atomic E-state index is 14.3. The molecule has 2 aromatic carbocycles. The van der Waals surface area contributed by atoms with Crippen LogP contribution in [0.2, 0.25) is 0 Å². The smallest absolute Gasteiger partial charge is 0.260 e. The zero-order valence-corrected chi connectivity index (χ0v) is 16.0. The molecule has 1 saturated heterocycles. The van der Waals surface area contributed by atoms with Crippen LogP contribution in [0.4, 0.5) is 10.1 Å². The molecular weight excluding hydrogens is 363 g/mol. The minimum absolute atomic E-state index is 0.0476. The maximum Gasteiger partial charge on any atom is 0.260 e. The van der Waals surface area contributed by atoms with Crippen molar-refractivity contribution in [3.63, 3.8) is 0 Å². The van der Waals surface area contributed by atoms with E-state index in [1.807, 2.05) is 4.90 Å². The molecule has 0 N–H and O–H groups in total. The summed E-state index contributed by atoms with van der Waals surface area (Å²) >= 11 is 0. The molecule has 6 nitrogen and oxygen atoms in total. The average molecular weight is 386 g/mol. The number of amides is 1. The second-order valence-corrected chi connectivity index (χ2v) is 6.55. The molecule has 0 spiro atoms. The summed E-state index contributed by atoms with van der Waals surface area (Å²) in [6.45, 7) is 3.37. The van der Waals surface area contributed by atoms with Gasteiger partial charge in [-0.3, -0.25) is 9.59 Å². The van der Waals surface area contributed by atoms with Gasteiger partial charge in [0, 0.05) is 31.7 Å². The van der Waals surface area contributed by atoms with Gasteiger partial charge in [-0.25, -0.2) is 4.39 Å². The minimum atomic E-state index is -0.421. The Morgan fingerprint density at radius 3 is 2.21 bits per heavy atom. The standard InChI is InChI=1S/C21H23FN2O4/c1-15(25)16-3-8-20(19(22)13-16)23-9-11-24(12-10-23)21(26)14-28-18-6-4-17(27-2)5-7-18/h3-8,13H,9-12,14H2,1-2H3. The highest BCUT2D eigenvalue weighted by Crippen LogP contribution is 2.22. The lowest BCUT2D eigenvalue weighted by Crippen LogP contribution is -2.50. The fourth-order valence-electron chi connectivity index (χ4n) is 3.09. The summed E-state index contributed by atoms with van der Waals surface area (Å²) in [5, 5.41) is 0. The number of ketones is 1. The maximum absolute atomic E-state index is 14.3. The second kappa shape index (κ2) is 8.73. The van der Waals surface area contributed by atoms with Gasteiger partial charge in [0.05, 0.1) is 12.8 Å². The molecule has 1 heterocycles. The summed E-state index contributed by atoms with van der Waals surface area (Å²) in [7, 11) is 1.59. The number of piperazine rings is 1. The number of ether oxygens (including phenoxy) is 2. The second-order valence-electron chi connectivity index (χ2n) is 6.55. The van der Waals surface area contributed by atoms with E-state index >= 15 is 0 Å². The van der Waals surface area contributed by atoms with E-state index in [9.17, 15) is 14.0 Å². The number of Topliss-reactive ketones (excluding diaryl/α,β-unsaturated/α-hetero) is 1. The number of nitrogens with zero attached hydrogens (tertiary/aromatic N) is 2. The predicted molar refractivity (Wildman–Crippen MR) is 104 cm³/mol. The molecule has 0 aromatic heterocycles. The van der Waals surface area contributed by atoms with E-state index in [1.165, 1.54) is 13.0 Å². The van der Waals surface area contributed by atoms with Crippen molar-refractivity contribution >= 4 is 17.4 Å². The van der Waals surface area contributed by atoms with Crippen LogP contribution in [0, 0.1) is 5.82 Å². The molecule has 0 unspecified atom stereocenters. The third-order valence-corrected chi connectivity index (χ3v) is 4.75. The summed E-state index contributed by atoms with van der Waals surface area (Å²) in [5.74, 6) is 0.620. The number of carbonyl (C=O) groups is 2. The lowest BCUT2D eigenvalue weighted by atomic mass is 10.1. The molecule has 1 aliphatic heterocycles. The van der Waals surface area contributed by atoms with Gasteiger partial charge in [0.1, 0.15) is 17.3 Å². The van der Waals surface area contributed by atoms with E-state index in [0.29, 0.717) is 43.2 Å². The fourth-order valence-corrected chi connectivity index (χ4v) is 3.09. The van der Waals surface area contributed by atoms with Gasteiger partial charge >= 0.3 is 0 Å². The largest absolute Gasteiger partial charge is 0.497 e. The van der Waals surface area contributed by atoms with Gasteiger partial charge in [-0.05, 0) is 49.4 Å². The van der Waals surface area contributed by atoms with Crippen molar-refractivity contribution in [2.24, 2.45) is 0 Å². The van der Waals surface area contributed by atoms with Gasteiger partial charge in [-0.2, -0.15) is 0 Å². The minimum Gasteiger partial charge on any atom is -0.497 e. The Balaban J connectivity index is 1.51. The molecule has 0 radical (unpaired) electrons. The summed E-state index contributed by atoms with van der Waals surface area (Å²) in [6.07, 6.45) is 0. The highest BCUT2D eigenvalue weighted by Gasteiger charge is 2.23. The molecule has 1 amide bonds. The first kappa shape index (κ1) is 19.7. The van der Waals surface area contributed by atoms with Crippen LogP contribution in [0.15, 0.2) is 42.5 Å². The Morgan fingerprint density at radius 2 is 1.64 bits per heavy atom. The number of anilines is 1. The van der Waals surface area contributed by atoms with Crippen LogP contribution >= 0.6 is 0 Å². The molecule has 0 saturated carbocycles. The van der Waals surface area contributed by atoms with E-state index in [-0.39, 0.29) is 18.3 Å². The van der Waals surface area contributed by atoms with Crippen molar-refractivity contribution < 1.29 is 23.5 Å². The first-order valence-corrected chi connectivity index (χ1v) is 9.08. The van der Waals surface area contributed by atoms with Crippen molar-refractivity contribution in [1.29, 1.82) is 0 Å². The van der Waals surface area contributed by atoms with Gasteiger partial charge in [0.25, 0.3) is 5.91 Å². The fraction of sp³-hybridized carbons (Fsp3) is 0.333. The number of hydrogen-bond donors (Lipinski definition) is 0. The third-order valence-electron chi connectivity index (χ3n) is 4.75. The zero-order chi connectivity index (χ0) is 20.1. The number of methoxy groups -OCH3 is 1. The summed E-state index contributed by atoms with van der Waals surface area (Å²) in [6, 6.07) is 11.5. The van der Waals surface area contributed by atoms with Crippen molar-refractivity contribution in [2.75, 3.05) is 44.8 Å². The quantitative estimate of drug-likeness (QED) is 0.715. The molecule has 1 aliphatic rings. The Morgan fingerprint density at radius 1 is 1.00 bits per heavy atom. The lowest BCUT2D eigenvalue weighted by molar-refractivity contribution is -0.133. The van der Waals surface area contributed by atoms with Crippen LogP contribution in [0.25, 0.3) is 0 Å². The number of rotatable bonds is 6. The van der Waals surface area contributed by atoms with Crippen LogP contribution in [-0.2, 0) is 4.79 Å². The number of hydrogen-bond acceptors (Lipinski definition) is 5. The molecular formula is C21H23FN2O4. The van der Waals surface area contributed by atoms with Crippen molar-refractivity contribution in [3.8, 4) is 11.5 Å². The van der Waals surface area contributed by atoms with Crippen LogP contribution in [-0.4, -0.2) is 56.5 Å². The van der Waals surface area contributed by atoms with E-state index in [1.54, 1.807) is 48.4 Å². The zero-order valence-electron chi connectivity index (χ0n) is 16.0. The molecule has 1 fully saturated rings. The van der Waals surface area contributed by atoms with Gasteiger partial charge in [-0.15, -0.1) is 0 Å². The van der Waals surface area contributed by atoms with Crippen molar-refractivity contribution in [3.05, 3.63) is 53.8 Å². The number of benzene rings is 2. The van der Waals surface area contributed by atoms with Crippen LogP contribution in [0.3, 0.4) is 0 Å². The Kier molecular flexibility index (Phi) is 6.13. The first-order chi connectivity index (χ1) is 13.5. The number of carbonyl (C=O) groups excluding carboxylic acids is 2. The van der Waals surface area contributed by atoms with E-state index in [0.717, 1.165) is 5.75 Å². The van der Waals surface area contributed by atoms with Crippen molar-refractivity contribution in [1.82, 2.24) is 4.90 Å². The third kappa shape index (κ3) is 4.60.